The molecule has 1 rings (SSSR count). The van der Waals surface area contributed by atoms with Crippen molar-refractivity contribution >= 4 is 17.8 Å². The third kappa shape index (κ3) is 14.1. The van der Waals surface area contributed by atoms with Gasteiger partial charge in [-0.25, -0.2) is 0 Å². The van der Waals surface area contributed by atoms with Crippen molar-refractivity contribution < 1.29 is 9.59 Å². The predicted octanol–water partition coefficient (Wildman–Crippen LogP) is 0.151. The summed E-state index contributed by atoms with van der Waals surface area (Å²) in [5, 5.41) is 5.18. The van der Waals surface area contributed by atoms with Gasteiger partial charge in [0.2, 0.25) is 11.8 Å². The van der Waals surface area contributed by atoms with Crippen molar-refractivity contribution in [3.8, 4) is 0 Å². The fourth-order valence-corrected chi connectivity index (χ4v) is 1.50. The van der Waals surface area contributed by atoms with E-state index in [0.29, 0.717) is 6.54 Å². The Morgan fingerprint density at radius 3 is 2.26 bits per heavy atom. The second kappa shape index (κ2) is 13.1. The summed E-state index contributed by atoms with van der Waals surface area (Å²) in [5.74, 6) is -0.175. The Balaban J connectivity index is 0.000000585. The number of hydrogen-bond donors (Lipinski definition) is 4. The number of nitrogens with one attached hydrogen (secondary N) is 2. The minimum atomic E-state index is -0.196. The molecule has 1 aromatic carbocycles. The summed E-state index contributed by atoms with van der Waals surface area (Å²) in [6.45, 7) is 4.78. The fourth-order valence-electron chi connectivity index (χ4n) is 1.50. The van der Waals surface area contributed by atoms with E-state index >= 15 is 0 Å². The third-order valence-corrected chi connectivity index (χ3v) is 2.59. The highest BCUT2D eigenvalue weighted by atomic mass is 16.2. The lowest BCUT2D eigenvalue weighted by molar-refractivity contribution is -0.125. The molecule has 6 N–H and O–H groups in total. The number of carbonyl (C=O) groups excluding carboxylic acids is 2. The topological polar surface area (TPSA) is 123 Å². The van der Waals surface area contributed by atoms with Crippen LogP contribution in [0.4, 0.5) is 0 Å². The van der Waals surface area contributed by atoms with Gasteiger partial charge in [0.25, 0.3) is 0 Å². The molecule has 0 spiro atoms. The fraction of sp³-hybridized carbons (Fsp3) is 0.438. The van der Waals surface area contributed by atoms with Crippen LogP contribution in [-0.2, 0) is 16.0 Å². The minimum Gasteiger partial charge on any atom is -0.370 e. The van der Waals surface area contributed by atoms with E-state index in [1.54, 1.807) is 0 Å². The maximum Gasteiger partial charge on any atom is 0.239 e. The molecule has 0 aromatic heterocycles. The standard InChI is InChI=1S/C12H16N2O2.C4H11N3/c1-10(15)14-9-12(16)13-8-7-11-5-3-2-4-6-11;1-2-3-7-4(5)6/h2-6H,7-9H2,1H3,(H,13,16)(H,14,15);2-3H2,1H3,(H4,5,6,7). The van der Waals surface area contributed by atoms with Gasteiger partial charge in [0.15, 0.2) is 5.96 Å². The van der Waals surface area contributed by atoms with Gasteiger partial charge < -0.3 is 22.1 Å². The average molecular weight is 321 g/mol. The number of amides is 2. The van der Waals surface area contributed by atoms with Gasteiger partial charge in [-0.05, 0) is 18.4 Å². The molecule has 23 heavy (non-hydrogen) atoms. The molecule has 0 aliphatic heterocycles. The van der Waals surface area contributed by atoms with Crippen LogP contribution in [0.5, 0.6) is 0 Å². The van der Waals surface area contributed by atoms with E-state index in [0.717, 1.165) is 19.4 Å². The molecule has 0 atom stereocenters. The molecule has 0 fully saturated rings. The van der Waals surface area contributed by atoms with Crippen LogP contribution in [0.1, 0.15) is 25.8 Å². The van der Waals surface area contributed by atoms with Crippen LogP contribution in [0, 0.1) is 0 Å². The number of hydrogen-bond acceptors (Lipinski definition) is 3. The average Bonchev–Trinajstić information content (AvgIpc) is 2.52. The quantitative estimate of drug-likeness (QED) is 0.422. The monoisotopic (exact) mass is 321 g/mol. The van der Waals surface area contributed by atoms with Gasteiger partial charge >= 0.3 is 0 Å². The molecule has 0 unspecified atom stereocenters. The second-order valence-electron chi connectivity index (χ2n) is 4.80. The first-order valence-electron chi connectivity index (χ1n) is 7.56. The number of nitrogens with two attached hydrogens (primary N) is 2. The summed E-state index contributed by atoms with van der Waals surface area (Å²) in [5.41, 5.74) is 11.2. The number of guanidine groups is 1. The van der Waals surface area contributed by atoms with Gasteiger partial charge in [-0.3, -0.25) is 14.6 Å². The summed E-state index contributed by atoms with van der Waals surface area (Å²) in [7, 11) is 0. The van der Waals surface area contributed by atoms with Crippen molar-refractivity contribution in [3.63, 3.8) is 0 Å². The smallest absolute Gasteiger partial charge is 0.239 e. The lowest BCUT2D eigenvalue weighted by Gasteiger charge is -2.05. The van der Waals surface area contributed by atoms with E-state index in [9.17, 15) is 9.59 Å². The normalized spacial score (nSPS) is 9.13. The van der Waals surface area contributed by atoms with E-state index < -0.39 is 0 Å². The van der Waals surface area contributed by atoms with E-state index in [2.05, 4.69) is 15.6 Å². The molecule has 0 saturated heterocycles. The Bertz CT molecular complexity index is 485. The molecule has 128 valence electrons. The zero-order valence-electron chi connectivity index (χ0n) is 13.8. The Labute approximate surface area is 137 Å². The SMILES string of the molecule is CC(=O)NCC(=O)NCCc1ccccc1.CCCN=C(N)N. The summed E-state index contributed by atoms with van der Waals surface area (Å²) >= 11 is 0. The maximum absolute atomic E-state index is 11.2. The van der Waals surface area contributed by atoms with Crippen LogP contribution in [0.25, 0.3) is 0 Å². The molecule has 2 amide bonds. The van der Waals surface area contributed by atoms with Crippen molar-refractivity contribution in [2.75, 3.05) is 19.6 Å². The van der Waals surface area contributed by atoms with Gasteiger partial charge in [0, 0.05) is 20.0 Å². The molecular weight excluding hydrogens is 294 g/mol. The van der Waals surface area contributed by atoms with Gasteiger partial charge in [-0.15, -0.1) is 0 Å². The summed E-state index contributed by atoms with van der Waals surface area (Å²) < 4.78 is 0. The summed E-state index contributed by atoms with van der Waals surface area (Å²) in [6.07, 6.45) is 1.80. The Hall–Kier alpha value is -2.57. The van der Waals surface area contributed by atoms with E-state index in [4.69, 9.17) is 11.5 Å². The maximum atomic E-state index is 11.2. The van der Waals surface area contributed by atoms with Gasteiger partial charge in [-0.2, -0.15) is 0 Å². The molecule has 0 aliphatic carbocycles. The minimum absolute atomic E-state index is 0.0458. The van der Waals surface area contributed by atoms with Crippen LogP contribution in [0.3, 0.4) is 0 Å². The summed E-state index contributed by atoms with van der Waals surface area (Å²) in [6, 6.07) is 9.92. The van der Waals surface area contributed by atoms with Gasteiger partial charge in [0.05, 0.1) is 6.54 Å². The second-order valence-corrected chi connectivity index (χ2v) is 4.80. The Morgan fingerprint density at radius 2 is 1.78 bits per heavy atom. The van der Waals surface area contributed by atoms with E-state index in [-0.39, 0.29) is 24.3 Å². The number of carbonyl (C=O) groups is 2. The number of nitrogens with zero attached hydrogens (tertiary/aromatic N) is 1. The highest BCUT2D eigenvalue weighted by Gasteiger charge is 2.00. The van der Waals surface area contributed by atoms with Crippen molar-refractivity contribution in [3.05, 3.63) is 35.9 Å². The van der Waals surface area contributed by atoms with Gasteiger partial charge in [-0.1, -0.05) is 37.3 Å². The van der Waals surface area contributed by atoms with Crippen molar-refractivity contribution in [2.24, 2.45) is 16.5 Å². The molecule has 0 aliphatic rings. The summed E-state index contributed by atoms with van der Waals surface area (Å²) in [4.78, 5) is 25.5. The van der Waals surface area contributed by atoms with Crippen LogP contribution in [0.2, 0.25) is 0 Å². The van der Waals surface area contributed by atoms with Crippen LogP contribution in [0.15, 0.2) is 35.3 Å². The van der Waals surface area contributed by atoms with Crippen LogP contribution < -0.4 is 22.1 Å². The predicted molar refractivity (Wildman–Crippen MR) is 92.8 cm³/mol. The lowest BCUT2D eigenvalue weighted by atomic mass is 10.1. The molecule has 0 saturated carbocycles. The van der Waals surface area contributed by atoms with Crippen LogP contribution >= 0.6 is 0 Å². The zero-order chi connectivity index (χ0) is 17.5. The van der Waals surface area contributed by atoms with Crippen molar-refractivity contribution in [1.29, 1.82) is 0 Å². The molecule has 0 radical (unpaired) electrons. The molecule has 1 aromatic rings. The number of aliphatic imine (C=N–C) groups is 1. The lowest BCUT2D eigenvalue weighted by Crippen LogP contribution is -2.36. The highest BCUT2D eigenvalue weighted by molar-refractivity contribution is 5.83. The van der Waals surface area contributed by atoms with Gasteiger partial charge in [0.1, 0.15) is 0 Å². The molecule has 0 bridgehead atoms. The van der Waals surface area contributed by atoms with Crippen molar-refractivity contribution in [2.45, 2.75) is 26.7 Å². The molecule has 7 nitrogen and oxygen atoms in total. The number of benzene rings is 1. The molecule has 7 heteroatoms. The van der Waals surface area contributed by atoms with Crippen LogP contribution in [-0.4, -0.2) is 37.4 Å². The third-order valence-electron chi connectivity index (χ3n) is 2.59. The largest absolute Gasteiger partial charge is 0.370 e. The van der Waals surface area contributed by atoms with E-state index in [1.165, 1.54) is 12.5 Å². The Morgan fingerprint density at radius 1 is 1.13 bits per heavy atom. The first-order valence-corrected chi connectivity index (χ1v) is 7.56. The Kier molecular flexibility index (Phi) is 11.7. The molecular formula is C16H27N5O2. The van der Waals surface area contributed by atoms with E-state index in [1.807, 2.05) is 37.3 Å². The highest BCUT2D eigenvalue weighted by Crippen LogP contribution is 1.97. The first kappa shape index (κ1) is 20.4. The number of rotatable bonds is 7. The zero-order valence-corrected chi connectivity index (χ0v) is 13.8. The first-order chi connectivity index (χ1) is 11.0. The molecule has 0 heterocycles. The van der Waals surface area contributed by atoms with Crippen molar-refractivity contribution in [1.82, 2.24) is 10.6 Å².